The third-order valence-electron chi connectivity index (χ3n) is 5.61. The minimum Gasteiger partial charge on any atom is -0.348 e. The highest BCUT2D eigenvalue weighted by Crippen LogP contribution is 2.47. The first kappa shape index (κ1) is 14.9. The van der Waals surface area contributed by atoms with E-state index in [0.29, 0.717) is 39.3 Å². The molecule has 4 rings (SSSR count). The number of rotatable bonds is 2. The third kappa shape index (κ3) is 2.37. The van der Waals surface area contributed by atoms with Crippen LogP contribution in [0, 0.1) is 5.92 Å². The van der Waals surface area contributed by atoms with E-state index in [0.717, 1.165) is 25.8 Å². The molecule has 0 saturated carbocycles. The van der Waals surface area contributed by atoms with Crippen LogP contribution in [0.25, 0.3) is 0 Å². The van der Waals surface area contributed by atoms with Gasteiger partial charge in [0.25, 0.3) is 0 Å². The number of hydrogen-bond donors (Lipinski definition) is 0. The molecule has 124 valence electrons. The first-order valence-corrected chi connectivity index (χ1v) is 8.47. The lowest BCUT2D eigenvalue weighted by Crippen LogP contribution is -2.62. The Hall–Kier alpha value is -0.690. The minimum absolute atomic E-state index is 0.107. The lowest BCUT2D eigenvalue weighted by molar-refractivity contribution is -0.262. The van der Waals surface area contributed by atoms with E-state index >= 15 is 0 Å². The molecule has 1 amide bonds. The summed E-state index contributed by atoms with van der Waals surface area (Å²) in [6.45, 7) is 5.26. The van der Waals surface area contributed by atoms with Gasteiger partial charge in [0.2, 0.25) is 5.91 Å². The summed E-state index contributed by atoms with van der Waals surface area (Å²) in [5.74, 6) is -0.767. The Morgan fingerprint density at radius 2 is 1.82 bits per heavy atom. The van der Waals surface area contributed by atoms with E-state index in [2.05, 4.69) is 0 Å². The summed E-state index contributed by atoms with van der Waals surface area (Å²) in [4.78, 5) is 14.3. The molecule has 4 fully saturated rings. The number of carbonyl (C=O) groups is 1. The Morgan fingerprint density at radius 3 is 2.55 bits per heavy atom. The average Bonchev–Trinajstić information content (AvgIpc) is 3.13. The van der Waals surface area contributed by atoms with E-state index < -0.39 is 11.6 Å². The van der Waals surface area contributed by atoms with Crippen molar-refractivity contribution in [2.45, 2.75) is 56.6 Å². The van der Waals surface area contributed by atoms with E-state index in [1.54, 1.807) is 0 Å². The number of carbonyl (C=O) groups excluding carboxylic acids is 1. The van der Waals surface area contributed by atoms with Crippen LogP contribution in [0.5, 0.6) is 0 Å². The Kier molecular flexibility index (Phi) is 3.68. The molecule has 0 aromatic rings. The van der Waals surface area contributed by atoms with Gasteiger partial charge in [0.05, 0.1) is 26.4 Å². The summed E-state index contributed by atoms with van der Waals surface area (Å²) in [6.07, 6.45) is 4.09. The average molecular weight is 311 g/mol. The fraction of sp³-hybridized carbons (Fsp3) is 0.938. The fourth-order valence-electron chi connectivity index (χ4n) is 4.61. The number of piperidine rings is 2. The summed E-state index contributed by atoms with van der Waals surface area (Å²) in [6, 6.07) is 0.178. The van der Waals surface area contributed by atoms with Gasteiger partial charge in [0.1, 0.15) is 0 Å². The molecule has 6 heteroatoms. The van der Waals surface area contributed by atoms with Crippen molar-refractivity contribution >= 4 is 5.91 Å². The number of amides is 1. The molecule has 4 heterocycles. The minimum atomic E-state index is -0.587. The first-order valence-electron chi connectivity index (χ1n) is 8.47. The number of nitrogens with zero attached hydrogens (tertiary/aromatic N) is 1. The van der Waals surface area contributed by atoms with Crippen LogP contribution in [0.15, 0.2) is 0 Å². The van der Waals surface area contributed by atoms with Crippen LogP contribution >= 0.6 is 0 Å². The molecule has 0 aliphatic carbocycles. The zero-order chi connectivity index (χ0) is 15.2. The zero-order valence-corrected chi connectivity index (χ0v) is 13.2. The normalized spacial score (nSPS) is 36.8. The standard InChI is InChI=1S/C16H25NO5/c1-15(19-7-8-20-15)11-12-13-3-2-4-14(18)17(13)6-5-16(12)21-9-10-22-16/h12-13H,2-11H2,1H3. The highest BCUT2D eigenvalue weighted by atomic mass is 16.7. The van der Waals surface area contributed by atoms with Crippen molar-refractivity contribution in [3.63, 3.8) is 0 Å². The Morgan fingerprint density at radius 1 is 1.14 bits per heavy atom. The summed E-state index contributed by atoms with van der Waals surface area (Å²) < 4.78 is 23.8. The van der Waals surface area contributed by atoms with Crippen molar-refractivity contribution in [1.82, 2.24) is 4.90 Å². The largest absolute Gasteiger partial charge is 0.348 e. The van der Waals surface area contributed by atoms with E-state index in [-0.39, 0.29) is 17.9 Å². The second-order valence-electron chi connectivity index (χ2n) is 6.95. The van der Waals surface area contributed by atoms with Crippen molar-refractivity contribution < 1.29 is 23.7 Å². The summed E-state index contributed by atoms with van der Waals surface area (Å²) >= 11 is 0. The topological polar surface area (TPSA) is 57.2 Å². The maximum atomic E-state index is 12.3. The quantitative estimate of drug-likeness (QED) is 0.769. The second kappa shape index (κ2) is 5.44. The van der Waals surface area contributed by atoms with Gasteiger partial charge in [-0.15, -0.1) is 0 Å². The van der Waals surface area contributed by atoms with Crippen molar-refractivity contribution in [3.8, 4) is 0 Å². The fourth-order valence-corrected chi connectivity index (χ4v) is 4.61. The van der Waals surface area contributed by atoms with Crippen LogP contribution in [0.4, 0.5) is 0 Å². The molecule has 2 atom stereocenters. The van der Waals surface area contributed by atoms with Gasteiger partial charge in [-0.2, -0.15) is 0 Å². The summed E-state index contributed by atoms with van der Waals surface area (Å²) in [5.41, 5.74) is 0. The number of hydrogen-bond acceptors (Lipinski definition) is 5. The van der Waals surface area contributed by atoms with Crippen molar-refractivity contribution in [2.24, 2.45) is 5.92 Å². The van der Waals surface area contributed by atoms with Crippen molar-refractivity contribution in [1.29, 1.82) is 0 Å². The van der Waals surface area contributed by atoms with Gasteiger partial charge in [-0.1, -0.05) is 0 Å². The third-order valence-corrected chi connectivity index (χ3v) is 5.61. The lowest BCUT2D eigenvalue weighted by atomic mass is 9.75. The highest BCUT2D eigenvalue weighted by Gasteiger charge is 2.56. The maximum absolute atomic E-state index is 12.3. The van der Waals surface area contributed by atoms with Crippen LogP contribution < -0.4 is 0 Å². The molecule has 0 N–H and O–H groups in total. The van der Waals surface area contributed by atoms with Crippen LogP contribution in [-0.2, 0) is 23.7 Å². The summed E-state index contributed by atoms with van der Waals surface area (Å²) in [5, 5.41) is 0. The molecule has 1 spiro atoms. The molecule has 22 heavy (non-hydrogen) atoms. The Bertz CT molecular complexity index is 442. The molecule has 6 nitrogen and oxygen atoms in total. The van der Waals surface area contributed by atoms with Crippen LogP contribution in [0.1, 0.15) is 39.0 Å². The Labute approximate surface area is 131 Å². The number of fused-ring (bicyclic) bond motifs is 1. The molecule has 4 aliphatic heterocycles. The SMILES string of the molecule is CC1(CC2C3CCCC(=O)N3CCC23OCCO3)OCCO1. The van der Waals surface area contributed by atoms with Crippen molar-refractivity contribution in [2.75, 3.05) is 33.0 Å². The second-order valence-corrected chi connectivity index (χ2v) is 6.95. The maximum Gasteiger partial charge on any atom is 0.222 e. The zero-order valence-electron chi connectivity index (χ0n) is 13.2. The predicted molar refractivity (Wildman–Crippen MR) is 77.0 cm³/mol. The van der Waals surface area contributed by atoms with E-state index in [4.69, 9.17) is 18.9 Å². The van der Waals surface area contributed by atoms with Gasteiger partial charge >= 0.3 is 0 Å². The van der Waals surface area contributed by atoms with Crippen LogP contribution in [0.3, 0.4) is 0 Å². The van der Waals surface area contributed by atoms with E-state index in [9.17, 15) is 4.79 Å². The summed E-state index contributed by atoms with van der Waals surface area (Å²) in [7, 11) is 0. The molecular formula is C16H25NO5. The van der Waals surface area contributed by atoms with Gasteiger partial charge < -0.3 is 23.8 Å². The predicted octanol–water partition coefficient (Wildman–Crippen LogP) is 1.28. The molecular weight excluding hydrogens is 286 g/mol. The van der Waals surface area contributed by atoms with Crippen LogP contribution in [0.2, 0.25) is 0 Å². The molecule has 4 saturated heterocycles. The lowest BCUT2D eigenvalue weighted by Gasteiger charge is -2.52. The van der Waals surface area contributed by atoms with E-state index in [1.165, 1.54) is 0 Å². The molecule has 4 aliphatic rings. The van der Waals surface area contributed by atoms with Crippen LogP contribution in [-0.4, -0.2) is 61.4 Å². The Balaban J connectivity index is 1.62. The first-order chi connectivity index (χ1) is 10.6. The molecule has 2 unspecified atom stereocenters. The molecule has 0 bridgehead atoms. The molecule has 0 aromatic carbocycles. The van der Waals surface area contributed by atoms with Gasteiger partial charge in [0, 0.05) is 37.8 Å². The highest BCUT2D eigenvalue weighted by molar-refractivity contribution is 5.77. The van der Waals surface area contributed by atoms with Gasteiger partial charge in [-0.05, 0) is 19.8 Å². The van der Waals surface area contributed by atoms with E-state index in [1.807, 2.05) is 11.8 Å². The van der Waals surface area contributed by atoms with Gasteiger partial charge in [-0.3, -0.25) is 4.79 Å². The monoisotopic (exact) mass is 311 g/mol. The van der Waals surface area contributed by atoms with Gasteiger partial charge in [-0.25, -0.2) is 0 Å². The van der Waals surface area contributed by atoms with Crippen molar-refractivity contribution in [3.05, 3.63) is 0 Å². The smallest absolute Gasteiger partial charge is 0.222 e. The molecule has 0 radical (unpaired) electrons. The van der Waals surface area contributed by atoms with Gasteiger partial charge in [0.15, 0.2) is 11.6 Å². The molecule has 0 aromatic heterocycles. The number of ether oxygens (including phenoxy) is 4.